The first kappa shape index (κ1) is 14.4. The molecule has 0 saturated heterocycles. The Labute approximate surface area is 125 Å². The van der Waals surface area contributed by atoms with Crippen molar-refractivity contribution in [1.82, 2.24) is 4.98 Å². The van der Waals surface area contributed by atoms with Crippen molar-refractivity contribution < 1.29 is 5.11 Å². The molecule has 0 amide bonds. The molecule has 19 heavy (non-hydrogen) atoms. The van der Waals surface area contributed by atoms with Crippen LogP contribution in [0.15, 0.2) is 34.8 Å². The van der Waals surface area contributed by atoms with Gasteiger partial charge in [0.25, 0.3) is 0 Å². The van der Waals surface area contributed by atoms with Crippen molar-refractivity contribution in [2.24, 2.45) is 0 Å². The summed E-state index contributed by atoms with van der Waals surface area (Å²) in [6, 6.07) is 5.67. The van der Waals surface area contributed by atoms with E-state index in [0.29, 0.717) is 11.4 Å². The topological polar surface area (TPSA) is 33.1 Å². The fraction of sp³-hybridized carbons (Fsp3) is 0.214. The van der Waals surface area contributed by atoms with Gasteiger partial charge in [-0.2, -0.15) is 0 Å². The zero-order chi connectivity index (χ0) is 13.5. The Morgan fingerprint density at radius 1 is 1.42 bits per heavy atom. The molecule has 2 rings (SSSR count). The number of aromatic nitrogens is 1. The number of hydrogen-bond acceptors (Lipinski definition) is 4. The van der Waals surface area contributed by atoms with Crippen molar-refractivity contribution in [3.8, 4) is 11.8 Å². The van der Waals surface area contributed by atoms with Crippen molar-refractivity contribution in [3.63, 3.8) is 0 Å². The van der Waals surface area contributed by atoms with E-state index in [0.717, 1.165) is 16.3 Å². The monoisotopic (exact) mass is 309 g/mol. The molecule has 0 radical (unpaired) electrons. The van der Waals surface area contributed by atoms with Crippen LogP contribution in [-0.4, -0.2) is 16.7 Å². The van der Waals surface area contributed by atoms with E-state index in [2.05, 4.69) is 16.8 Å². The van der Waals surface area contributed by atoms with Gasteiger partial charge in [0.15, 0.2) is 0 Å². The molecular formula is C14H12ClNOS2. The number of halogens is 1. The van der Waals surface area contributed by atoms with Gasteiger partial charge in [0.2, 0.25) is 0 Å². The van der Waals surface area contributed by atoms with Crippen molar-refractivity contribution in [2.75, 3.05) is 6.61 Å². The lowest BCUT2D eigenvalue weighted by Crippen LogP contribution is -1.84. The maximum absolute atomic E-state index is 8.72. The van der Waals surface area contributed by atoms with Gasteiger partial charge in [-0.05, 0) is 23.6 Å². The minimum Gasteiger partial charge on any atom is -0.395 e. The largest absolute Gasteiger partial charge is 0.395 e. The molecule has 0 saturated carbocycles. The van der Waals surface area contributed by atoms with Crippen LogP contribution in [0, 0.1) is 11.8 Å². The van der Waals surface area contributed by atoms with E-state index in [1.54, 1.807) is 29.3 Å². The second-order valence-corrected chi connectivity index (χ2v) is 5.98. The molecule has 0 spiro atoms. The molecule has 2 heterocycles. The summed E-state index contributed by atoms with van der Waals surface area (Å²) >= 11 is 9.36. The Morgan fingerprint density at radius 2 is 2.32 bits per heavy atom. The second-order valence-electron chi connectivity index (χ2n) is 3.61. The normalized spacial score (nSPS) is 10.0. The third-order valence-corrected chi connectivity index (χ3v) is 4.82. The Bertz CT molecular complexity index is 601. The fourth-order valence-electron chi connectivity index (χ4n) is 1.39. The van der Waals surface area contributed by atoms with Crippen molar-refractivity contribution in [1.29, 1.82) is 0 Å². The molecule has 0 aliphatic heterocycles. The molecule has 2 nitrogen and oxygen atoms in total. The van der Waals surface area contributed by atoms with Crippen LogP contribution in [0.2, 0.25) is 5.02 Å². The standard InChI is InChI=1S/C14H12ClNOS2/c15-12-5-3-7-16-14(12)19-10-13-11(6-9-18-13)4-1-2-8-17/h3,5-7,9,17H,2,8,10H2. The molecule has 0 aliphatic rings. The van der Waals surface area contributed by atoms with E-state index in [9.17, 15) is 0 Å². The van der Waals surface area contributed by atoms with Crippen LogP contribution in [0.25, 0.3) is 0 Å². The summed E-state index contributed by atoms with van der Waals surface area (Å²) in [4.78, 5) is 5.46. The summed E-state index contributed by atoms with van der Waals surface area (Å²) in [7, 11) is 0. The van der Waals surface area contributed by atoms with Gasteiger partial charge in [0.05, 0.1) is 11.6 Å². The number of thioether (sulfide) groups is 1. The number of aliphatic hydroxyl groups is 1. The minimum absolute atomic E-state index is 0.102. The van der Waals surface area contributed by atoms with E-state index in [1.807, 2.05) is 23.6 Å². The van der Waals surface area contributed by atoms with E-state index in [4.69, 9.17) is 16.7 Å². The van der Waals surface area contributed by atoms with Crippen LogP contribution in [0.4, 0.5) is 0 Å². The number of rotatable bonds is 4. The molecule has 0 fully saturated rings. The van der Waals surface area contributed by atoms with E-state index >= 15 is 0 Å². The zero-order valence-corrected chi connectivity index (χ0v) is 12.5. The van der Waals surface area contributed by atoms with Gasteiger partial charge in [-0.25, -0.2) is 4.98 Å². The van der Waals surface area contributed by atoms with E-state index < -0.39 is 0 Å². The number of thiophene rings is 1. The molecule has 0 atom stereocenters. The predicted octanol–water partition coefficient (Wildman–Crippen LogP) is 3.82. The molecule has 1 N–H and O–H groups in total. The fourth-order valence-corrected chi connectivity index (χ4v) is 3.50. The number of pyridine rings is 1. The molecule has 0 bridgehead atoms. The van der Waals surface area contributed by atoms with Crippen LogP contribution in [-0.2, 0) is 5.75 Å². The van der Waals surface area contributed by atoms with Crippen molar-refractivity contribution in [3.05, 3.63) is 45.2 Å². The van der Waals surface area contributed by atoms with Crippen LogP contribution in [0.5, 0.6) is 0 Å². The first-order valence-corrected chi connectivity index (χ1v) is 7.95. The number of hydrogen-bond donors (Lipinski definition) is 1. The first-order chi connectivity index (χ1) is 9.31. The summed E-state index contributed by atoms with van der Waals surface area (Å²) in [6.07, 6.45) is 2.25. The van der Waals surface area contributed by atoms with Crippen molar-refractivity contribution >= 4 is 34.7 Å². The number of aliphatic hydroxyl groups excluding tert-OH is 1. The van der Waals surface area contributed by atoms with Gasteiger partial charge in [0.1, 0.15) is 5.03 Å². The highest BCUT2D eigenvalue weighted by Crippen LogP contribution is 2.30. The molecule has 0 aliphatic carbocycles. The van der Waals surface area contributed by atoms with Crippen LogP contribution < -0.4 is 0 Å². The van der Waals surface area contributed by atoms with Gasteiger partial charge in [-0.3, -0.25) is 0 Å². The maximum Gasteiger partial charge on any atom is 0.115 e. The summed E-state index contributed by atoms with van der Waals surface area (Å²) < 4.78 is 0. The van der Waals surface area contributed by atoms with E-state index in [-0.39, 0.29) is 6.61 Å². The molecule has 2 aromatic rings. The second kappa shape index (κ2) is 7.56. The van der Waals surface area contributed by atoms with Gasteiger partial charge < -0.3 is 5.11 Å². The highest BCUT2D eigenvalue weighted by atomic mass is 35.5. The SMILES string of the molecule is OCCC#Cc1ccsc1CSc1ncccc1Cl. The average molecular weight is 310 g/mol. The zero-order valence-electron chi connectivity index (χ0n) is 10.1. The third-order valence-electron chi connectivity index (χ3n) is 2.27. The Morgan fingerprint density at radius 3 is 3.11 bits per heavy atom. The molecule has 0 aromatic carbocycles. The lowest BCUT2D eigenvalue weighted by molar-refractivity contribution is 0.305. The first-order valence-electron chi connectivity index (χ1n) is 5.70. The quantitative estimate of drug-likeness (QED) is 0.688. The summed E-state index contributed by atoms with van der Waals surface area (Å²) in [5, 5.41) is 12.3. The smallest absolute Gasteiger partial charge is 0.115 e. The van der Waals surface area contributed by atoms with Gasteiger partial charge >= 0.3 is 0 Å². The van der Waals surface area contributed by atoms with Gasteiger partial charge in [-0.15, -0.1) is 11.3 Å². The molecule has 0 unspecified atom stereocenters. The molecule has 98 valence electrons. The molecular weight excluding hydrogens is 298 g/mol. The van der Waals surface area contributed by atoms with Gasteiger partial charge in [0, 0.05) is 28.8 Å². The van der Waals surface area contributed by atoms with E-state index in [1.165, 1.54) is 4.88 Å². The summed E-state index contributed by atoms with van der Waals surface area (Å²) in [5.74, 6) is 6.83. The molecule has 5 heteroatoms. The van der Waals surface area contributed by atoms with Crippen LogP contribution in [0.1, 0.15) is 16.9 Å². The Kier molecular flexibility index (Phi) is 5.74. The highest BCUT2D eigenvalue weighted by Gasteiger charge is 2.06. The number of nitrogens with zero attached hydrogens (tertiary/aromatic N) is 1. The predicted molar refractivity (Wildman–Crippen MR) is 81.7 cm³/mol. The Balaban J connectivity index is 2.03. The van der Waals surface area contributed by atoms with Crippen LogP contribution >= 0.6 is 34.7 Å². The lowest BCUT2D eigenvalue weighted by Gasteiger charge is -2.01. The maximum atomic E-state index is 8.72. The Hall–Kier alpha value is -0.990. The summed E-state index contributed by atoms with van der Waals surface area (Å²) in [6.45, 7) is 0.102. The highest BCUT2D eigenvalue weighted by molar-refractivity contribution is 7.98. The lowest BCUT2D eigenvalue weighted by atomic mass is 10.2. The molecule has 2 aromatic heterocycles. The minimum atomic E-state index is 0.102. The summed E-state index contributed by atoms with van der Waals surface area (Å²) in [5.41, 5.74) is 1.03. The average Bonchev–Trinajstić information content (AvgIpc) is 2.86. The van der Waals surface area contributed by atoms with Gasteiger partial charge in [-0.1, -0.05) is 35.2 Å². The van der Waals surface area contributed by atoms with Crippen molar-refractivity contribution in [2.45, 2.75) is 17.2 Å². The third kappa shape index (κ3) is 4.26. The van der Waals surface area contributed by atoms with Crippen LogP contribution in [0.3, 0.4) is 0 Å².